The molecule has 0 radical (unpaired) electrons. The maximum absolute atomic E-state index is 5.37. The average Bonchev–Trinajstić information content (AvgIpc) is 3.33. The quantitative estimate of drug-likeness (QED) is 0.578. The summed E-state index contributed by atoms with van der Waals surface area (Å²) in [6.07, 6.45) is 1.00. The van der Waals surface area contributed by atoms with Gasteiger partial charge in [0.2, 0.25) is 5.89 Å². The molecular weight excluding hydrogens is 348 g/mol. The van der Waals surface area contributed by atoms with E-state index in [9.17, 15) is 0 Å². The van der Waals surface area contributed by atoms with Crippen molar-refractivity contribution in [1.82, 2.24) is 20.8 Å². The minimum Gasteiger partial charge on any atom is -0.497 e. The average molecular weight is 374 g/mol. The lowest BCUT2D eigenvalue weighted by Crippen LogP contribution is -2.44. The van der Waals surface area contributed by atoms with Crippen molar-refractivity contribution in [2.45, 2.75) is 25.9 Å². The maximum atomic E-state index is 5.37. The van der Waals surface area contributed by atoms with Crippen LogP contribution in [0.5, 0.6) is 11.5 Å². The Morgan fingerprint density at radius 2 is 2.04 bits per heavy atom. The summed E-state index contributed by atoms with van der Waals surface area (Å²) in [7, 11) is 5.07. The fraction of sp³-hybridized carbons (Fsp3) is 0.500. The summed E-state index contributed by atoms with van der Waals surface area (Å²) in [5, 5.41) is 10.5. The topological polar surface area (TPSA) is 97.0 Å². The van der Waals surface area contributed by atoms with Gasteiger partial charge in [-0.1, -0.05) is 5.16 Å². The molecular formula is C18H26N6O3. The Labute approximate surface area is 158 Å². The molecule has 9 heteroatoms. The first-order chi connectivity index (χ1) is 13.1. The number of aromatic nitrogens is 2. The van der Waals surface area contributed by atoms with Crippen molar-refractivity contribution in [3.05, 3.63) is 29.9 Å². The number of aryl methyl sites for hydroxylation is 1. The number of hydrogen-bond donors (Lipinski definition) is 2. The van der Waals surface area contributed by atoms with Crippen LogP contribution in [-0.4, -0.2) is 56.5 Å². The van der Waals surface area contributed by atoms with Crippen molar-refractivity contribution in [3.63, 3.8) is 0 Å². The first kappa shape index (κ1) is 18.8. The molecule has 0 aliphatic carbocycles. The second-order valence-corrected chi connectivity index (χ2v) is 6.30. The molecule has 146 valence electrons. The molecule has 1 atom stereocenters. The van der Waals surface area contributed by atoms with Gasteiger partial charge in [-0.15, -0.1) is 0 Å². The number of methoxy groups -OCH3 is 2. The van der Waals surface area contributed by atoms with Gasteiger partial charge in [-0.05, 0) is 6.42 Å². The fourth-order valence-corrected chi connectivity index (χ4v) is 3.05. The number of guanidine groups is 1. The van der Waals surface area contributed by atoms with Crippen LogP contribution in [-0.2, 0) is 6.54 Å². The highest BCUT2D eigenvalue weighted by atomic mass is 16.5. The monoisotopic (exact) mass is 374 g/mol. The molecule has 1 unspecified atom stereocenters. The molecule has 0 amide bonds. The second kappa shape index (κ2) is 8.61. The summed E-state index contributed by atoms with van der Waals surface area (Å²) < 4.78 is 15.7. The van der Waals surface area contributed by atoms with Gasteiger partial charge in [0.05, 0.1) is 20.8 Å². The van der Waals surface area contributed by atoms with Crippen LogP contribution in [0.15, 0.2) is 27.7 Å². The smallest absolute Gasteiger partial charge is 0.223 e. The summed E-state index contributed by atoms with van der Waals surface area (Å²) in [5.74, 6) is 3.44. The van der Waals surface area contributed by atoms with E-state index >= 15 is 0 Å². The Morgan fingerprint density at radius 3 is 2.63 bits per heavy atom. The standard InChI is InChI=1S/C18H26N6O3/c1-12-21-17(23-27-12)10-20-18(19-2)22-13-5-6-24(11-13)14-7-15(25-3)9-16(8-14)26-4/h7-9,13H,5-6,10-11H2,1-4H3,(H2,19,20,22). The largest absolute Gasteiger partial charge is 0.497 e. The van der Waals surface area contributed by atoms with Gasteiger partial charge in [0.15, 0.2) is 11.8 Å². The van der Waals surface area contributed by atoms with Crippen LogP contribution < -0.4 is 25.0 Å². The SMILES string of the molecule is CN=C(NCc1noc(C)n1)NC1CCN(c2cc(OC)cc(OC)c2)C1. The third kappa shape index (κ3) is 4.81. The first-order valence-electron chi connectivity index (χ1n) is 8.85. The van der Waals surface area contributed by atoms with Crippen LogP contribution in [0.25, 0.3) is 0 Å². The molecule has 0 saturated carbocycles. The van der Waals surface area contributed by atoms with Crippen LogP contribution in [0.3, 0.4) is 0 Å². The van der Waals surface area contributed by atoms with Crippen molar-refractivity contribution in [1.29, 1.82) is 0 Å². The molecule has 0 spiro atoms. The number of nitrogens with zero attached hydrogens (tertiary/aromatic N) is 4. The third-order valence-corrected chi connectivity index (χ3v) is 4.44. The van der Waals surface area contributed by atoms with Crippen molar-refractivity contribution in [3.8, 4) is 11.5 Å². The number of anilines is 1. The van der Waals surface area contributed by atoms with Gasteiger partial charge in [0.1, 0.15) is 11.5 Å². The molecule has 2 heterocycles. The van der Waals surface area contributed by atoms with Gasteiger partial charge in [0.25, 0.3) is 0 Å². The number of hydrogen-bond acceptors (Lipinski definition) is 7. The van der Waals surface area contributed by atoms with E-state index in [2.05, 4.69) is 30.7 Å². The summed E-state index contributed by atoms with van der Waals surface area (Å²) in [6, 6.07) is 6.20. The molecule has 1 saturated heterocycles. The molecule has 1 aliphatic rings. The molecule has 3 rings (SSSR count). The summed E-state index contributed by atoms with van der Waals surface area (Å²) in [6.45, 7) is 4.03. The summed E-state index contributed by atoms with van der Waals surface area (Å²) >= 11 is 0. The highest BCUT2D eigenvalue weighted by molar-refractivity contribution is 5.80. The molecule has 0 bridgehead atoms. The Bertz CT molecular complexity index is 769. The van der Waals surface area contributed by atoms with Gasteiger partial charge < -0.3 is 29.5 Å². The molecule has 1 aromatic carbocycles. The molecule has 1 fully saturated rings. The van der Waals surface area contributed by atoms with Gasteiger partial charge in [-0.3, -0.25) is 4.99 Å². The number of aliphatic imine (C=N–C) groups is 1. The van der Waals surface area contributed by atoms with Crippen molar-refractivity contribution >= 4 is 11.6 Å². The zero-order chi connectivity index (χ0) is 19.2. The highest BCUT2D eigenvalue weighted by Crippen LogP contribution is 2.30. The maximum Gasteiger partial charge on any atom is 0.223 e. The van der Waals surface area contributed by atoms with E-state index in [-0.39, 0.29) is 6.04 Å². The van der Waals surface area contributed by atoms with Gasteiger partial charge in [-0.2, -0.15) is 4.98 Å². The van der Waals surface area contributed by atoms with E-state index in [0.29, 0.717) is 24.2 Å². The third-order valence-electron chi connectivity index (χ3n) is 4.44. The van der Waals surface area contributed by atoms with Crippen molar-refractivity contribution < 1.29 is 14.0 Å². The predicted octanol–water partition coefficient (Wildman–Crippen LogP) is 1.34. The Morgan fingerprint density at radius 1 is 1.30 bits per heavy atom. The van der Waals surface area contributed by atoms with E-state index in [4.69, 9.17) is 14.0 Å². The van der Waals surface area contributed by atoms with E-state index in [1.54, 1.807) is 28.2 Å². The van der Waals surface area contributed by atoms with Crippen LogP contribution in [0.1, 0.15) is 18.1 Å². The number of nitrogens with one attached hydrogen (secondary N) is 2. The second-order valence-electron chi connectivity index (χ2n) is 6.30. The van der Waals surface area contributed by atoms with Crippen LogP contribution in [0.2, 0.25) is 0 Å². The molecule has 1 aliphatic heterocycles. The first-order valence-corrected chi connectivity index (χ1v) is 8.85. The Kier molecular flexibility index (Phi) is 6.00. The van der Waals surface area contributed by atoms with Crippen LogP contribution in [0, 0.1) is 6.92 Å². The normalized spacial score (nSPS) is 17.1. The Balaban J connectivity index is 1.57. The highest BCUT2D eigenvalue weighted by Gasteiger charge is 2.24. The molecule has 9 nitrogen and oxygen atoms in total. The van der Waals surface area contributed by atoms with Gasteiger partial charge in [0, 0.05) is 57.0 Å². The van der Waals surface area contributed by atoms with Crippen LogP contribution >= 0.6 is 0 Å². The lowest BCUT2D eigenvalue weighted by atomic mass is 10.2. The zero-order valence-corrected chi connectivity index (χ0v) is 16.2. The predicted molar refractivity (Wildman–Crippen MR) is 103 cm³/mol. The van der Waals surface area contributed by atoms with E-state index in [0.717, 1.165) is 36.7 Å². The summed E-state index contributed by atoms with van der Waals surface area (Å²) in [5.41, 5.74) is 1.08. The zero-order valence-electron chi connectivity index (χ0n) is 16.2. The fourth-order valence-electron chi connectivity index (χ4n) is 3.05. The molecule has 1 aromatic heterocycles. The van der Waals surface area contributed by atoms with E-state index < -0.39 is 0 Å². The number of rotatable bonds is 6. The lowest BCUT2D eigenvalue weighted by Gasteiger charge is -2.21. The summed E-state index contributed by atoms with van der Waals surface area (Å²) in [4.78, 5) is 10.8. The molecule has 2 N–H and O–H groups in total. The molecule has 2 aromatic rings. The van der Waals surface area contributed by atoms with Crippen LogP contribution in [0.4, 0.5) is 5.69 Å². The number of ether oxygens (including phenoxy) is 2. The van der Waals surface area contributed by atoms with Crippen molar-refractivity contribution in [2.24, 2.45) is 4.99 Å². The van der Waals surface area contributed by atoms with Gasteiger partial charge in [-0.25, -0.2) is 0 Å². The molecule has 27 heavy (non-hydrogen) atoms. The van der Waals surface area contributed by atoms with E-state index in [1.165, 1.54) is 0 Å². The minimum atomic E-state index is 0.278. The lowest BCUT2D eigenvalue weighted by molar-refractivity contribution is 0.386. The van der Waals surface area contributed by atoms with Gasteiger partial charge >= 0.3 is 0 Å². The Hall–Kier alpha value is -2.97. The number of benzene rings is 1. The van der Waals surface area contributed by atoms with Crippen molar-refractivity contribution in [2.75, 3.05) is 39.3 Å². The van der Waals surface area contributed by atoms with E-state index in [1.807, 2.05) is 18.2 Å². The minimum absolute atomic E-state index is 0.278.